The number of nitrogens with one attached hydrogen (secondary N) is 1. The number of furan rings is 1. The second-order valence-electron chi connectivity index (χ2n) is 2.99. The van der Waals surface area contributed by atoms with Crippen molar-refractivity contribution < 1.29 is 17.6 Å². The van der Waals surface area contributed by atoms with E-state index in [9.17, 15) is 13.2 Å². The number of nitrogens with two attached hydrogens (primary N) is 1. The van der Waals surface area contributed by atoms with E-state index in [0.29, 0.717) is 5.76 Å². The van der Waals surface area contributed by atoms with Crippen molar-refractivity contribution in [2.75, 3.05) is 5.75 Å². The molecule has 0 saturated carbocycles. The van der Waals surface area contributed by atoms with Crippen LogP contribution in [0.4, 0.5) is 0 Å². The zero-order chi connectivity index (χ0) is 11.3. The van der Waals surface area contributed by atoms with Gasteiger partial charge in [0, 0.05) is 6.42 Å². The summed E-state index contributed by atoms with van der Waals surface area (Å²) in [7, 11) is -3.32. The van der Waals surface area contributed by atoms with E-state index in [0.717, 1.165) is 0 Å². The van der Waals surface area contributed by atoms with Gasteiger partial charge < -0.3 is 4.42 Å². The van der Waals surface area contributed by atoms with Gasteiger partial charge >= 0.3 is 0 Å². The zero-order valence-electron chi connectivity index (χ0n) is 7.97. The van der Waals surface area contributed by atoms with Crippen molar-refractivity contribution in [1.29, 1.82) is 0 Å². The summed E-state index contributed by atoms with van der Waals surface area (Å²) >= 11 is 0. The average Bonchev–Trinajstić information content (AvgIpc) is 2.66. The van der Waals surface area contributed by atoms with E-state index < -0.39 is 15.7 Å². The minimum absolute atomic E-state index is 0.139. The number of hydrogen-bond acceptors (Lipinski definition) is 5. The summed E-state index contributed by atoms with van der Waals surface area (Å²) in [5.41, 5.74) is 1.87. The molecule has 0 aromatic carbocycles. The summed E-state index contributed by atoms with van der Waals surface area (Å²) in [6, 6.07) is 3.18. The third-order valence-corrected chi connectivity index (χ3v) is 3.29. The van der Waals surface area contributed by atoms with E-state index >= 15 is 0 Å². The lowest BCUT2D eigenvalue weighted by Crippen LogP contribution is -2.31. The molecule has 0 aliphatic rings. The number of rotatable bonds is 5. The molecule has 3 N–H and O–H groups in total. The van der Waals surface area contributed by atoms with Crippen LogP contribution < -0.4 is 11.3 Å². The van der Waals surface area contributed by atoms with Gasteiger partial charge in [0.2, 0.25) is 5.91 Å². The molecule has 0 atom stereocenters. The van der Waals surface area contributed by atoms with Gasteiger partial charge in [-0.3, -0.25) is 10.2 Å². The molecule has 0 aliphatic heterocycles. The Morgan fingerprint density at radius 1 is 1.53 bits per heavy atom. The van der Waals surface area contributed by atoms with E-state index in [2.05, 4.69) is 0 Å². The van der Waals surface area contributed by atoms with Gasteiger partial charge in [0.05, 0.1) is 12.0 Å². The Labute approximate surface area is 87.3 Å². The topological polar surface area (TPSA) is 102 Å². The highest BCUT2D eigenvalue weighted by Crippen LogP contribution is 2.07. The molecule has 0 saturated heterocycles. The van der Waals surface area contributed by atoms with E-state index in [4.69, 9.17) is 10.3 Å². The first kappa shape index (κ1) is 11.7. The second-order valence-corrected chi connectivity index (χ2v) is 5.17. The monoisotopic (exact) mass is 232 g/mol. The van der Waals surface area contributed by atoms with Gasteiger partial charge in [-0.2, -0.15) is 0 Å². The predicted octanol–water partition coefficient (Wildman–Crippen LogP) is -0.426. The van der Waals surface area contributed by atoms with Crippen LogP contribution in [0.15, 0.2) is 22.8 Å². The maximum atomic E-state index is 11.4. The first-order valence-electron chi connectivity index (χ1n) is 4.26. The van der Waals surface area contributed by atoms with Gasteiger partial charge in [0.25, 0.3) is 0 Å². The van der Waals surface area contributed by atoms with E-state index in [1.54, 1.807) is 12.1 Å². The number of carbonyl (C=O) groups excluding carboxylic acids is 1. The highest BCUT2D eigenvalue weighted by molar-refractivity contribution is 7.90. The molecule has 1 aromatic heterocycles. The van der Waals surface area contributed by atoms with Crippen LogP contribution in [0.5, 0.6) is 0 Å². The predicted molar refractivity (Wildman–Crippen MR) is 53.1 cm³/mol. The lowest BCUT2D eigenvalue weighted by atomic mass is 10.5. The maximum absolute atomic E-state index is 11.4. The zero-order valence-corrected chi connectivity index (χ0v) is 8.79. The molecule has 0 spiro atoms. The van der Waals surface area contributed by atoms with E-state index in [1.165, 1.54) is 6.26 Å². The van der Waals surface area contributed by atoms with Crippen LogP contribution in [0.2, 0.25) is 0 Å². The molecule has 0 fully saturated rings. The van der Waals surface area contributed by atoms with Crippen LogP contribution in [0.1, 0.15) is 12.2 Å². The van der Waals surface area contributed by atoms with Gasteiger partial charge in [-0.15, -0.1) is 0 Å². The summed E-state index contributed by atoms with van der Waals surface area (Å²) in [5, 5.41) is 0. The SMILES string of the molecule is NNC(=O)CCS(=O)(=O)Cc1ccco1. The van der Waals surface area contributed by atoms with Crippen molar-refractivity contribution in [3.8, 4) is 0 Å². The lowest BCUT2D eigenvalue weighted by molar-refractivity contribution is -0.120. The number of amides is 1. The number of hydrogen-bond donors (Lipinski definition) is 2. The van der Waals surface area contributed by atoms with Crippen molar-refractivity contribution >= 4 is 15.7 Å². The van der Waals surface area contributed by atoms with Crippen molar-refractivity contribution in [1.82, 2.24) is 5.43 Å². The van der Waals surface area contributed by atoms with Crippen LogP contribution in [0.3, 0.4) is 0 Å². The van der Waals surface area contributed by atoms with Crippen molar-refractivity contribution in [3.63, 3.8) is 0 Å². The summed E-state index contributed by atoms with van der Waals surface area (Å²) in [4.78, 5) is 10.7. The molecule has 0 bridgehead atoms. The Morgan fingerprint density at radius 3 is 2.80 bits per heavy atom. The molecular formula is C8H12N2O4S. The molecule has 1 aromatic rings. The van der Waals surface area contributed by atoms with Crippen LogP contribution in [0.25, 0.3) is 0 Å². The summed E-state index contributed by atoms with van der Waals surface area (Å²) in [5.74, 6) is 4.25. The fourth-order valence-corrected chi connectivity index (χ4v) is 2.24. The van der Waals surface area contributed by atoms with Gasteiger partial charge in [-0.05, 0) is 12.1 Å². The minimum atomic E-state index is -3.32. The minimum Gasteiger partial charge on any atom is -0.468 e. The molecule has 0 radical (unpaired) electrons. The summed E-state index contributed by atoms with van der Waals surface area (Å²) < 4.78 is 27.8. The molecule has 1 amide bonds. The lowest BCUT2D eigenvalue weighted by Gasteiger charge is -2.01. The molecular weight excluding hydrogens is 220 g/mol. The summed E-state index contributed by atoms with van der Waals surface area (Å²) in [6.07, 6.45) is 1.26. The second kappa shape index (κ2) is 4.94. The Balaban J connectivity index is 2.50. The molecule has 7 heteroatoms. The molecule has 84 valence electrons. The molecule has 1 heterocycles. The van der Waals surface area contributed by atoms with Gasteiger partial charge in [-0.25, -0.2) is 14.3 Å². The average molecular weight is 232 g/mol. The fourth-order valence-electron chi connectivity index (χ4n) is 1.00. The Hall–Kier alpha value is -1.34. The van der Waals surface area contributed by atoms with Crippen LogP contribution >= 0.6 is 0 Å². The van der Waals surface area contributed by atoms with Crippen LogP contribution in [0, 0.1) is 0 Å². The summed E-state index contributed by atoms with van der Waals surface area (Å²) in [6.45, 7) is 0. The highest BCUT2D eigenvalue weighted by atomic mass is 32.2. The Bertz CT molecular complexity index is 410. The van der Waals surface area contributed by atoms with Crippen molar-refractivity contribution in [3.05, 3.63) is 24.2 Å². The number of hydrazine groups is 1. The molecule has 0 aliphatic carbocycles. The van der Waals surface area contributed by atoms with Gasteiger partial charge in [-0.1, -0.05) is 0 Å². The normalized spacial score (nSPS) is 11.3. The highest BCUT2D eigenvalue weighted by Gasteiger charge is 2.15. The van der Waals surface area contributed by atoms with Gasteiger partial charge in [0.15, 0.2) is 9.84 Å². The first-order valence-corrected chi connectivity index (χ1v) is 6.08. The third kappa shape index (κ3) is 4.13. The number of sulfone groups is 1. The van der Waals surface area contributed by atoms with Crippen molar-refractivity contribution in [2.24, 2.45) is 5.84 Å². The van der Waals surface area contributed by atoms with E-state index in [-0.39, 0.29) is 17.9 Å². The van der Waals surface area contributed by atoms with Crippen molar-refractivity contribution in [2.45, 2.75) is 12.2 Å². The van der Waals surface area contributed by atoms with Gasteiger partial charge in [0.1, 0.15) is 11.5 Å². The quantitative estimate of drug-likeness (QED) is 0.407. The Kier molecular flexibility index (Phi) is 3.87. The van der Waals surface area contributed by atoms with Crippen LogP contribution in [-0.4, -0.2) is 20.1 Å². The standard InChI is InChI=1S/C8H12N2O4S/c9-10-8(11)3-5-15(12,13)6-7-2-1-4-14-7/h1-2,4H,3,5-6,9H2,(H,10,11). The largest absolute Gasteiger partial charge is 0.468 e. The molecule has 0 unspecified atom stereocenters. The fraction of sp³-hybridized carbons (Fsp3) is 0.375. The first-order chi connectivity index (χ1) is 7.03. The third-order valence-electron chi connectivity index (χ3n) is 1.74. The molecule has 1 rings (SSSR count). The smallest absolute Gasteiger partial charge is 0.234 e. The molecule has 6 nitrogen and oxygen atoms in total. The van der Waals surface area contributed by atoms with Crippen LogP contribution in [-0.2, 0) is 20.4 Å². The maximum Gasteiger partial charge on any atom is 0.234 e. The molecule has 15 heavy (non-hydrogen) atoms. The van der Waals surface area contributed by atoms with E-state index in [1.807, 2.05) is 5.43 Å². The Morgan fingerprint density at radius 2 is 2.27 bits per heavy atom. The number of carbonyl (C=O) groups is 1.